The van der Waals surface area contributed by atoms with Gasteiger partial charge in [0.15, 0.2) is 0 Å². The number of hydrogen-bond acceptors (Lipinski definition) is 2. The second-order valence-corrected chi connectivity index (χ2v) is 24.6. The Morgan fingerprint density at radius 3 is 1.34 bits per heavy atom. The van der Waals surface area contributed by atoms with Crippen LogP contribution in [0.5, 0.6) is 0 Å². The zero-order chi connectivity index (χ0) is 26.4. The van der Waals surface area contributed by atoms with Crippen LogP contribution in [-0.2, 0) is 9.05 Å². The van der Waals surface area contributed by atoms with Crippen molar-refractivity contribution in [1.82, 2.24) is 0 Å². The number of hydrogen-bond donors (Lipinski definition) is 0. The van der Waals surface area contributed by atoms with Gasteiger partial charge in [-0.1, -0.05) is 0 Å². The van der Waals surface area contributed by atoms with Gasteiger partial charge < -0.3 is 0 Å². The van der Waals surface area contributed by atoms with Crippen LogP contribution >= 0.6 is 14.4 Å². The summed E-state index contributed by atoms with van der Waals surface area (Å²) in [5.41, 5.74) is 3.13. The van der Waals surface area contributed by atoms with Crippen LogP contribution in [0.4, 0.5) is 0 Å². The maximum absolute atomic E-state index is 7.19. The van der Waals surface area contributed by atoms with E-state index in [0.717, 1.165) is 24.4 Å². The molecule has 2 aliphatic carbocycles. The summed E-state index contributed by atoms with van der Waals surface area (Å²) in [4.78, 5) is 0. The van der Waals surface area contributed by atoms with E-state index in [1.54, 1.807) is 0 Å². The third-order valence-corrected chi connectivity index (χ3v) is 19.8. The van der Waals surface area contributed by atoms with E-state index in [-0.39, 0.29) is 10.8 Å². The second kappa shape index (κ2) is 12.3. The van der Waals surface area contributed by atoms with Gasteiger partial charge in [0, 0.05) is 0 Å². The Kier molecular flexibility index (Phi) is 10.8. The van der Waals surface area contributed by atoms with E-state index in [0.29, 0.717) is 0 Å². The van der Waals surface area contributed by atoms with E-state index in [2.05, 4.69) is 93.3 Å². The molecule has 0 spiro atoms. The van der Waals surface area contributed by atoms with E-state index in [4.69, 9.17) is 9.05 Å². The number of unbranched alkanes of at least 4 members (excludes halogenated alkanes) is 3. The summed E-state index contributed by atoms with van der Waals surface area (Å²) in [5.74, 6) is 2.16. The standard InChI is InChI=1S/C31H56O2P2/c1-11-14-21-35(10,22-15-12-2,23-16-13-3)34(32-28-17-19-30(6,7)24-26(28)4)33-29-18-20-31(8,9)25-27(29)5/h17-20H,11-16,21-25H2,1-10H3. The molecule has 4 heteroatoms. The first-order valence-electron chi connectivity index (χ1n) is 14.2. The SMILES string of the molecule is CCCCP(C)(CCCC)(CCCC)P(OC1=C(C)CC(C)(C)C=C1)OC1=C(C)CC(C)(C)C=C1. The summed E-state index contributed by atoms with van der Waals surface area (Å²) in [6.07, 6.45) is 20.4. The fourth-order valence-corrected chi connectivity index (χ4v) is 16.6. The Hall–Kier alpha value is -0.580. The van der Waals surface area contributed by atoms with E-state index in [1.807, 2.05) is 0 Å². The molecular weight excluding hydrogens is 466 g/mol. The Morgan fingerprint density at radius 2 is 1.06 bits per heavy atom. The Bertz CT molecular complexity index is 770. The van der Waals surface area contributed by atoms with Gasteiger partial charge in [0.1, 0.15) is 0 Å². The first-order valence-corrected chi connectivity index (χ1v) is 19.3. The molecule has 0 heterocycles. The van der Waals surface area contributed by atoms with E-state index in [1.165, 1.54) is 68.2 Å². The van der Waals surface area contributed by atoms with Crippen molar-refractivity contribution in [3.8, 4) is 0 Å². The molecule has 0 N–H and O–H groups in total. The molecule has 2 rings (SSSR count). The van der Waals surface area contributed by atoms with Crippen LogP contribution in [0, 0.1) is 10.8 Å². The van der Waals surface area contributed by atoms with Gasteiger partial charge in [0.05, 0.1) is 0 Å². The zero-order valence-corrected chi connectivity index (χ0v) is 26.6. The van der Waals surface area contributed by atoms with Crippen molar-refractivity contribution in [2.45, 2.75) is 114 Å². The molecule has 0 aromatic carbocycles. The Balaban J connectivity index is 2.59. The molecule has 0 saturated carbocycles. The molecule has 0 fully saturated rings. The summed E-state index contributed by atoms with van der Waals surface area (Å²) < 4.78 is 14.4. The average molecular weight is 523 g/mol. The molecule has 0 aliphatic heterocycles. The van der Waals surface area contributed by atoms with E-state index < -0.39 is 14.4 Å². The number of allylic oxidation sites excluding steroid dienone is 6. The predicted octanol–water partition coefficient (Wildman–Crippen LogP) is 11.4. The van der Waals surface area contributed by atoms with Crippen LogP contribution in [0.25, 0.3) is 0 Å². The molecule has 0 saturated heterocycles. The van der Waals surface area contributed by atoms with Crippen molar-refractivity contribution in [2.75, 3.05) is 25.2 Å². The van der Waals surface area contributed by atoms with E-state index >= 15 is 0 Å². The normalized spacial score (nSPS) is 20.8. The molecular formula is C31H56O2P2. The second-order valence-electron chi connectivity index (χ2n) is 13.2. The van der Waals surface area contributed by atoms with Gasteiger partial charge in [-0.25, -0.2) is 0 Å². The van der Waals surface area contributed by atoms with Gasteiger partial charge in [-0.2, -0.15) is 0 Å². The zero-order valence-electron chi connectivity index (χ0n) is 24.8. The van der Waals surface area contributed by atoms with Gasteiger partial charge >= 0.3 is 220 Å². The van der Waals surface area contributed by atoms with Gasteiger partial charge in [0.2, 0.25) is 0 Å². The molecule has 0 bridgehead atoms. The molecule has 0 amide bonds. The summed E-state index contributed by atoms with van der Waals surface area (Å²) >= 11 is 0. The monoisotopic (exact) mass is 522 g/mol. The molecule has 0 unspecified atom stereocenters. The molecule has 35 heavy (non-hydrogen) atoms. The summed E-state index contributed by atoms with van der Waals surface area (Å²) in [5, 5.41) is 0. The molecule has 2 nitrogen and oxygen atoms in total. The van der Waals surface area contributed by atoms with Crippen LogP contribution in [0.1, 0.15) is 114 Å². The van der Waals surface area contributed by atoms with Crippen LogP contribution < -0.4 is 0 Å². The fraction of sp³-hybridized carbons (Fsp3) is 0.742. The maximum atomic E-state index is 7.19. The van der Waals surface area contributed by atoms with Gasteiger partial charge in [-0.15, -0.1) is 0 Å². The average Bonchev–Trinajstić information content (AvgIpc) is 2.77. The summed E-state index contributed by atoms with van der Waals surface area (Å²) in [6, 6.07) is 0. The van der Waals surface area contributed by atoms with Crippen molar-refractivity contribution in [2.24, 2.45) is 10.8 Å². The Morgan fingerprint density at radius 1 is 0.714 bits per heavy atom. The minimum atomic E-state index is -2.31. The topological polar surface area (TPSA) is 18.5 Å². The molecule has 0 aromatic heterocycles. The van der Waals surface area contributed by atoms with Crippen LogP contribution in [-0.4, -0.2) is 25.2 Å². The third kappa shape index (κ3) is 8.20. The van der Waals surface area contributed by atoms with Gasteiger partial charge in [-0.3, -0.25) is 0 Å². The van der Waals surface area contributed by atoms with Crippen molar-refractivity contribution >= 4 is 14.4 Å². The third-order valence-electron chi connectivity index (χ3n) is 7.97. The molecule has 0 radical (unpaired) electrons. The predicted molar refractivity (Wildman–Crippen MR) is 162 cm³/mol. The van der Waals surface area contributed by atoms with Gasteiger partial charge in [-0.05, 0) is 0 Å². The molecule has 2 aliphatic rings. The number of rotatable bonds is 14. The summed E-state index contributed by atoms with van der Waals surface area (Å²) in [7, 11) is -1.07. The molecule has 0 aromatic rings. The molecule has 202 valence electrons. The van der Waals surface area contributed by atoms with Crippen LogP contribution in [0.3, 0.4) is 0 Å². The van der Waals surface area contributed by atoms with Gasteiger partial charge in [0.25, 0.3) is 0 Å². The first-order chi connectivity index (χ1) is 16.3. The van der Waals surface area contributed by atoms with Crippen molar-refractivity contribution in [3.63, 3.8) is 0 Å². The van der Waals surface area contributed by atoms with Crippen molar-refractivity contribution in [1.29, 1.82) is 0 Å². The minimum absolute atomic E-state index is 0.196. The fourth-order valence-electron chi connectivity index (χ4n) is 5.62. The van der Waals surface area contributed by atoms with Crippen molar-refractivity contribution in [3.05, 3.63) is 47.0 Å². The quantitative estimate of drug-likeness (QED) is 0.211. The van der Waals surface area contributed by atoms with E-state index in [9.17, 15) is 0 Å². The summed E-state index contributed by atoms with van der Waals surface area (Å²) in [6.45, 7) is 23.5. The Labute approximate surface area is 219 Å². The van der Waals surface area contributed by atoms with Crippen molar-refractivity contribution < 1.29 is 9.05 Å². The van der Waals surface area contributed by atoms with Crippen LogP contribution in [0.15, 0.2) is 47.0 Å². The first kappa shape index (κ1) is 30.6. The van der Waals surface area contributed by atoms with Crippen LogP contribution in [0.2, 0.25) is 0 Å². The molecule has 0 atom stereocenters.